The molecule has 1 aromatic rings. The van der Waals surface area contributed by atoms with Gasteiger partial charge in [-0.2, -0.15) is 10.2 Å². The van der Waals surface area contributed by atoms with E-state index in [0.717, 1.165) is 6.42 Å². The minimum absolute atomic E-state index is 0.218. The van der Waals surface area contributed by atoms with Gasteiger partial charge < -0.3 is 9.47 Å². The zero-order valence-electron chi connectivity index (χ0n) is 10.2. The van der Waals surface area contributed by atoms with Crippen molar-refractivity contribution < 1.29 is 9.47 Å². The molecule has 88 valence electrons. The van der Waals surface area contributed by atoms with E-state index < -0.39 is 0 Å². The Morgan fingerprint density at radius 2 is 2.00 bits per heavy atom. The molecular formula is C12H18N2O2. The van der Waals surface area contributed by atoms with Crippen molar-refractivity contribution in [3.63, 3.8) is 0 Å². The number of azo groups is 1. The van der Waals surface area contributed by atoms with Crippen LogP contribution in [0.3, 0.4) is 0 Å². The predicted octanol–water partition coefficient (Wildman–Crippen LogP) is 3.59. The molecular weight excluding hydrogens is 204 g/mol. The van der Waals surface area contributed by atoms with Gasteiger partial charge >= 0.3 is 0 Å². The Labute approximate surface area is 96.3 Å². The van der Waals surface area contributed by atoms with Crippen molar-refractivity contribution in [2.45, 2.75) is 26.3 Å². The second-order valence-corrected chi connectivity index (χ2v) is 3.49. The van der Waals surface area contributed by atoms with Crippen LogP contribution in [0, 0.1) is 0 Å². The third kappa shape index (κ3) is 2.95. The van der Waals surface area contributed by atoms with Crippen LogP contribution in [0.1, 0.15) is 20.3 Å². The van der Waals surface area contributed by atoms with Gasteiger partial charge in [0.25, 0.3) is 0 Å². The first-order valence-corrected chi connectivity index (χ1v) is 5.34. The molecule has 0 heterocycles. The molecule has 0 aliphatic carbocycles. The Hall–Kier alpha value is -1.58. The first-order chi connectivity index (χ1) is 7.72. The van der Waals surface area contributed by atoms with Crippen LogP contribution in [0.5, 0.6) is 11.5 Å². The largest absolute Gasteiger partial charge is 0.493 e. The standard InChI is InChI=1S/C12H18N2O2/c1-5-9(2)13-14-10-7-6-8-11(15-3)12(10)16-4/h6-9H,5H2,1-4H3. The maximum atomic E-state index is 5.25. The van der Waals surface area contributed by atoms with Crippen LogP contribution >= 0.6 is 0 Å². The molecule has 0 saturated heterocycles. The molecule has 0 saturated carbocycles. The van der Waals surface area contributed by atoms with Crippen LogP contribution in [0.2, 0.25) is 0 Å². The van der Waals surface area contributed by atoms with Gasteiger partial charge in [-0.25, -0.2) is 0 Å². The summed E-state index contributed by atoms with van der Waals surface area (Å²) in [4.78, 5) is 0. The number of para-hydroxylation sites is 1. The minimum Gasteiger partial charge on any atom is -0.493 e. The van der Waals surface area contributed by atoms with Gasteiger partial charge in [-0.05, 0) is 25.5 Å². The van der Waals surface area contributed by atoms with Gasteiger partial charge in [0, 0.05) is 0 Å². The van der Waals surface area contributed by atoms with E-state index in [1.807, 2.05) is 25.1 Å². The van der Waals surface area contributed by atoms with Crippen LogP contribution in [-0.2, 0) is 0 Å². The van der Waals surface area contributed by atoms with Crippen molar-refractivity contribution in [3.8, 4) is 11.5 Å². The number of methoxy groups -OCH3 is 2. The van der Waals surface area contributed by atoms with Crippen molar-refractivity contribution in [2.75, 3.05) is 14.2 Å². The molecule has 0 aliphatic rings. The van der Waals surface area contributed by atoms with E-state index in [9.17, 15) is 0 Å². The number of benzene rings is 1. The van der Waals surface area contributed by atoms with Crippen molar-refractivity contribution in [3.05, 3.63) is 18.2 Å². The summed E-state index contributed by atoms with van der Waals surface area (Å²) in [6.07, 6.45) is 0.968. The minimum atomic E-state index is 0.218. The van der Waals surface area contributed by atoms with Crippen LogP contribution < -0.4 is 9.47 Å². The van der Waals surface area contributed by atoms with Crippen LogP contribution in [0.15, 0.2) is 28.4 Å². The van der Waals surface area contributed by atoms with Crippen molar-refractivity contribution in [2.24, 2.45) is 10.2 Å². The molecule has 0 spiro atoms. The van der Waals surface area contributed by atoms with Gasteiger partial charge in [-0.1, -0.05) is 13.0 Å². The zero-order valence-corrected chi connectivity index (χ0v) is 10.2. The molecule has 4 heteroatoms. The van der Waals surface area contributed by atoms with E-state index >= 15 is 0 Å². The first-order valence-electron chi connectivity index (χ1n) is 5.34. The van der Waals surface area contributed by atoms with Crippen LogP contribution in [0.25, 0.3) is 0 Å². The van der Waals surface area contributed by atoms with E-state index in [2.05, 4.69) is 17.2 Å². The molecule has 0 aromatic heterocycles. The normalized spacial score (nSPS) is 12.8. The number of hydrogen-bond acceptors (Lipinski definition) is 4. The number of ether oxygens (including phenoxy) is 2. The van der Waals surface area contributed by atoms with E-state index in [4.69, 9.17) is 9.47 Å². The van der Waals surface area contributed by atoms with E-state index in [0.29, 0.717) is 17.2 Å². The smallest absolute Gasteiger partial charge is 0.188 e. The van der Waals surface area contributed by atoms with Gasteiger partial charge in [-0.3, -0.25) is 0 Å². The zero-order chi connectivity index (χ0) is 12.0. The topological polar surface area (TPSA) is 43.2 Å². The number of hydrogen-bond donors (Lipinski definition) is 0. The van der Waals surface area contributed by atoms with Gasteiger partial charge in [0.2, 0.25) is 0 Å². The molecule has 0 bridgehead atoms. The number of rotatable bonds is 5. The highest BCUT2D eigenvalue weighted by Gasteiger charge is 2.08. The average molecular weight is 222 g/mol. The second-order valence-electron chi connectivity index (χ2n) is 3.49. The maximum absolute atomic E-state index is 5.25. The van der Waals surface area contributed by atoms with Gasteiger partial charge in [0.1, 0.15) is 5.69 Å². The van der Waals surface area contributed by atoms with E-state index in [1.165, 1.54) is 0 Å². The molecule has 1 aromatic carbocycles. The summed E-state index contributed by atoms with van der Waals surface area (Å²) in [5, 5.41) is 8.36. The Kier molecular flexibility index (Phi) is 4.76. The van der Waals surface area contributed by atoms with E-state index in [1.54, 1.807) is 14.2 Å². The van der Waals surface area contributed by atoms with Crippen molar-refractivity contribution in [1.29, 1.82) is 0 Å². The quantitative estimate of drug-likeness (QED) is 0.714. The predicted molar refractivity (Wildman–Crippen MR) is 63.8 cm³/mol. The Morgan fingerprint density at radius 3 is 2.56 bits per heavy atom. The molecule has 0 radical (unpaired) electrons. The van der Waals surface area contributed by atoms with Crippen molar-refractivity contribution in [1.82, 2.24) is 0 Å². The molecule has 0 amide bonds. The summed E-state index contributed by atoms with van der Waals surface area (Å²) in [6, 6.07) is 5.77. The Morgan fingerprint density at radius 1 is 1.25 bits per heavy atom. The van der Waals surface area contributed by atoms with Gasteiger partial charge in [0.05, 0.1) is 20.3 Å². The highest BCUT2D eigenvalue weighted by atomic mass is 16.5. The SMILES string of the molecule is CCC(C)N=Nc1cccc(OC)c1OC. The fourth-order valence-electron chi connectivity index (χ4n) is 1.19. The van der Waals surface area contributed by atoms with Gasteiger partial charge in [0.15, 0.2) is 11.5 Å². The lowest BCUT2D eigenvalue weighted by molar-refractivity contribution is 0.355. The molecule has 4 nitrogen and oxygen atoms in total. The lowest BCUT2D eigenvalue weighted by Crippen LogP contribution is -1.93. The van der Waals surface area contributed by atoms with Crippen molar-refractivity contribution >= 4 is 5.69 Å². The van der Waals surface area contributed by atoms with Gasteiger partial charge in [-0.15, -0.1) is 0 Å². The molecule has 1 rings (SSSR count). The summed E-state index contributed by atoms with van der Waals surface area (Å²) in [5.74, 6) is 1.29. The fraction of sp³-hybridized carbons (Fsp3) is 0.500. The third-order valence-electron chi connectivity index (χ3n) is 2.34. The second kappa shape index (κ2) is 6.10. The summed E-state index contributed by atoms with van der Waals surface area (Å²) in [5.41, 5.74) is 0.696. The number of nitrogens with zero attached hydrogens (tertiary/aromatic N) is 2. The summed E-state index contributed by atoms with van der Waals surface area (Å²) < 4.78 is 10.4. The first kappa shape index (κ1) is 12.5. The van der Waals surface area contributed by atoms with E-state index in [-0.39, 0.29) is 6.04 Å². The lowest BCUT2D eigenvalue weighted by atomic mass is 10.2. The highest BCUT2D eigenvalue weighted by molar-refractivity contribution is 5.59. The summed E-state index contributed by atoms with van der Waals surface area (Å²) in [7, 11) is 3.20. The van der Waals surface area contributed by atoms with Crippen LogP contribution in [-0.4, -0.2) is 20.3 Å². The average Bonchev–Trinajstić information content (AvgIpc) is 2.34. The Bertz CT molecular complexity index is 364. The summed E-state index contributed by atoms with van der Waals surface area (Å²) >= 11 is 0. The third-order valence-corrected chi connectivity index (χ3v) is 2.34. The molecule has 0 fully saturated rings. The molecule has 16 heavy (non-hydrogen) atoms. The molecule has 1 atom stereocenters. The highest BCUT2D eigenvalue weighted by Crippen LogP contribution is 2.36. The lowest BCUT2D eigenvalue weighted by Gasteiger charge is -2.09. The Balaban J connectivity index is 2.99. The molecule has 0 N–H and O–H groups in total. The molecule has 1 unspecified atom stereocenters. The monoisotopic (exact) mass is 222 g/mol. The molecule has 0 aliphatic heterocycles. The summed E-state index contributed by atoms with van der Waals surface area (Å²) in [6.45, 7) is 4.10. The van der Waals surface area contributed by atoms with Crippen LogP contribution in [0.4, 0.5) is 5.69 Å². The fourth-order valence-corrected chi connectivity index (χ4v) is 1.19. The maximum Gasteiger partial charge on any atom is 0.188 e.